The fraction of sp³-hybridized carbons (Fsp3) is 0.500. The second-order valence-electron chi connectivity index (χ2n) is 5.02. The Morgan fingerprint density at radius 3 is 2.76 bits per heavy atom. The molecule has 0 radical (unpaired) electrons. The SMILES string of the molecule is O=C(O)C1(c2ccc3c(c2)CCO3)CCCC1. The van der Waals surface area contributed by atoms with Gasteiger partial charge in [-0.3, -0.25) is 4.79 Å². The van der Waals surface area contributed by atoms with Crippen LogP contribution in [-0.4, -0.2) is 17.7 Å². The number of rotatable bonds is 2. The number of fused-ring (bicyclic) bond motifs is 1. The molecule has 1 aliphatic heterocycles. The van der Waals surface area contributed by atoms with Crippen molar-refractivity contribution in [2.24, 2.45) is 0 Å². The van der Waals surface area contributed by atoms with E-state index in [1.54, 1.807) is 0 Å². The summed E-state index contributed by atoms with van der Waals surface area (Å²) < 4.78 is 5.46. The summed E-state index contributed by atoms with van der Waals surface area (Å²) in [5.74, 6) is 0.251. The van der Waals surface area contributed by atoms with Crippen LogP contribution in [0.4, 0.5) is 0 Å². The minimum absolute atomic E-state index is 0.641. The van der Waals surface area contributed by atoms with E-state index in [4.69, 9.17) is 4.74 Å². The molecule has 1 heterocycles. The highest BCUT2D eigenvalue weighted by Gasteiger charge is 2.43. The van der Waals surface area contributed by atoms with Crippen molar-refractivity contribution in [1.29, 1.82) is 0 Å². The molecule has 0 saturated heterocycles. The first-order chi connectivity index (χ1) is 8.22. The van der Waals surface area contributed by atoms with Crippen LogP contribution in [0.5, 0.6) is 5.75 Å². The van der Waals surface area contributed by atoms with Crippen LogP contribution in [0, 0.1) is 0 Å². The van der Waals surface area contributed by atoms with Crippen LogP contribution in [0.1, 0.15) is 36.8 Å². The van der Waals surface area contributed by atoms with Crippen LogP contribution in [0.15, 0.2) is 18.2 Å². The van der Waals surface area contributed by atoms with Gasteiger partial charge in [0, 0.05) is 6.42 Å². The van der Waals surface area contributed by atoms with E-state index in [0.717, 1.165) is 55.6 Å². The first kappa shape index (κ1) is 10.6. The van der Waals surface area contributed by atoms with Crippen LogP contribution in [0.3, 0.4) is 0 Å². The summed E-state index contributed by atoms with van der Waals surface area (Å²) >= 11 is 0. The molecule has 1 saturated carbocycles. The van der Waals surface area contributed by atoms with E-state index in [1.807, 2.05) is 18.2 Å². The predicted octanol–water partition coefficient (Wildman–Crippen LogP) is 2.52. The second-order valence-corrected chi connectivity index (χ2v) is 5.02. The summed E-state index contributed by atoms with van der Waals surface area (Å²) in [6, 6.07) is 5.91. The average Bonchev–Trinajstić information content (AvgIpc) is 2.97. The van der Waals surface area contributed by atoms with Gasteiger partial charge < -0.3 is 9.84 Å². The van der Waals surface area contributed by atoms with Gasteiger partial charge >= 0.3 is 5.97 Å². The number of carboxylic acid groups (broad SMARTS) is 1. The monoisotopic (exact) mass is 232 g/mol. The quantitative estimate of drug-likeness (QED) is 0.852. The number of hydrogen-bond donors (Lipinski definition) is 1. The van der Waals surface area contributed by atoms with Crippen molar-refractivity contribution in [3.05, 3.63) is 29.3 Å². The standard InChI is InChI=1S/C14H16O3/c15-13(16)14(6-1-2-7-14)11-3-4-12-10(9-11)5-8-17-12/h3-4,9H,1-2,5-8H2,(H,15,16). The Morgan fingerprint density at radius 2 is 2.06 bits per heavy atom. The molecule has 0 unspecified atom stereocenters. The van der Waals surface area contributed by atoms with Gasteiger partial charge in [-0.2, -0.15) is 0 Å². The van der Waals surface area contributed by atoms with Gasteiger partial charge in [-0.1, -0.05) is 25.0 Å². The fourth-order valence-corrected chi connectivity index (χ4v) is 3.09. The van der Waals surface area contributed by atoms with E-state index < -0.39 is 11.4 Å². The molecular weight excluding hydrogens is 216 g/mol. The molecule has 1 aromatic rings. The lowest BCUT2D eigenvalue weighted by molar-refractivity contribution is -0.143. The number of ether oxygens (including phenoxy) is 1. The summed E-state index contributed by atoms with van der Waals surface area (Å²) in [5.41, 5.74) is 1.49. The van der Waals surface area contributed by atoms with Crippen LogP contribution >= 0.6 is 0 Å². The van der Waals surface area contributed by atoms with Crippen LogP contribution in [0.2, 0.25) is 0 Å². The Kier molecular flexibility index (Phi) is 2.35. The summed E-state index contributed by atoms with van der Waals surface area (Å²) in [7, 11) is 0. The van der Waals surface area contributed by atoms with E-state index in [1.165, 1.54) is 0 Å². The minimum atomic E-state index is -0.672. The highest BCUT2D eigenvalue weighted by Crippen LogP contribution is 2.43. The van der Waals surface area contributed by atoms with Crippen LogP contribution in [-0.2, 0) is 16.6 Å². The van der Waals surface area contributed by atoms with Crippen molar-refractivity contribution in [3.8, 4) is 5.75 Å². The summed E-state index contributed by atoms with van der Waals surface area (Å²) in [5, 5.41) is 9.53. The first-order valence-electron chi connectivity index (χ1n) is 6.22. The van der Waals surface area contributed by atoms with Crippen molar-refractivity contribution in [2.45, 2.75) is 37.5 Å². The largest absolute Gasteiger partial charge is 0.493 e. The van der Waals surface area contributed by atoms with E-state index in [2.05, 4.69) is 0 Å². The molecule has 1 N–H and O–H groups in total. The third-order valence-corrected chi connectivity index (χ3v) is 4.11. The summed E-state index contributed by atoms with van der Waals surface area (Å²) in [4.78, 5) is 11.6. The summed E-state index contributed by atoms with van der Waals surface area (Å²) in [6.45, 7) is 0.721. The molecular formula is C14H16O3. The lowest BCUT2D eigenvalue weighted by atomic mass is 9.78. The van der Waals surface area contributed by atoms with Crippen molar-refractivity contribution >= 4 is 5.97 Å². The van der Waals surface area contributed by atoms with Gasteiger partial charge in [0.05, 0.1) is 12.0 Å². The lowest BCUT2D eigenvalue weighted by Gasteiger charge is -2.24. The molecule has 0 spiro atoms. The number of carboxylic acids is 1. The van der Waals surface area contributed by atoms with Crippen molar-refractivity contribution < 1.29 is 14.6 Å². The number of benzene rings is 1. The van der Waals surface area contributed by atoms with Crippen molar-refractivity contribution in [3.63, 3.8) is 0 Å². The normalized spacial score (nSPS) is 20.9. The molecule has 2 aliphatic rings. The molecule has 90 valence electrons. The maximum Gasteiger partial charge on any atom is 0.314 e. The predicted molar refractivity (Wildman–Crippen MR) is 63.4 cm³/mol. The molecule has 1 aromatic carbocycles. The molecule has 17 heavy (non-hydrogen) atoms. The maximum atomic E-state index is 11.6. The van der Waals surface area contributed by atoms with Crippen LogP contribution in [0.25, 0.3) is 0 Å². The maximum absolute atomic E-state index is 11.6. The molecule has 0 bridgehead atoms. The highest BCUT2D eigenvalue weighted by atomic mass is 16.5. The van der Waals surface area contributed by atoms with Gasteiger partial charge in [0.1, 0.15) is 5.75 Å². The Morgan fingerprint density at radius 1 is 1.29 bits per heavy atom. The lowest BCUT2D eigenvalue weighted by Crippen LogP contribution is -2.32. The molecule has 0 amide bonds. The van der Waals surface area contributed by atoms with E-state index >= 15 is 0 Å². The second kappa shape index (κ2) is 3.76. The zero-order valence-electron chi connectivity index (χ0n) is 9.74. The zero-order valence-corrected chi connectivity index (χ0v) is 9.74. The Labute approximate surface area is 100 Å². The van der Waals surface area contributed by atoms with E-state index in [-0.39, 0.29) is 0 Å². The third kappa shape index (κ3) is 1.53. The Balaban J connectivity index is 2.05. The van der Waals surface area contributed by atoms with Gasteiger partial charge in [-0.05, 0) is 30.0 Å². The highest BCUT2D eigenvalue weighted by molar-refractivity contribution is 5.82. The Bertz CT molecular complexity index is 459. The molecule has 3 heteroatoms. The van der Waals surface area contributed by atoms with Gasteiger partial charge in [-0.15, -0.1) is 0 Å². The van der Waals surface area contributed by atoms with Crippen molar-refractivity contribution in [1.82, 2.24) is 0 Å². The molecule has 3 rings (SSSR count). The zero-order chi connectivity index (χ0) is 11.9. The minimum Gasteiger partial charge on any atom is -0.493 e. The van der Waals surface area contributed by atoms with Crippen LogP contribution < -0.4 is 4.74 Å². The number of hydrogen-bond acceptors (Lipinski definition) is 2. The van der Waals surface area contributed by atoms with Gasteiger partial charge in [0.2, 0.25) is 0 Å². The number of carbonyl (C=O) groups is 1. The molecule has 1 aliphatic carbocycles. The van der Waals surface area contributed by atoms with Gasteiger partial charge in [-0.25, -0.2) is 0 Å². The van der Waals surface area contributed by atoms with Gasteiger partial charge in [0.25, 0.3) is 0 Å². The average molecular weight is 232 g/mol. The van der Waals surface area contributed by atoms with Crippen molar-refractivity contribution in [2.75, 3.05) is 6.61 Å². The van der Waals surface area contributed by atoms with E-state index in [0.29, 0.717) is 0 Å². The fourth-order valence-electron chi connectivity index (χ4n) is 3.09. The first-order valence-corrected chi connectivity index (χ1v) is 6.22. The number of aliphatic carboxylic acids is 1. The Hall–Kier alpha value is -1.51. The molecule has 3 nitrogen and oxygen atoms in total. The smallest absolute Gasteiger partial charge is 0.314 e. The summed E-state index contributed by atoms with van der Waals surface area (Å²) in [6.07, 6.45) is 4.46. The third-order valence-electron chi connectivity index (χ3n) is 4.11. The molecule has 0 aromatic heterocycles. The topological polar surface area (TPSA) is 46.5 Å². The molecule has 1 fully saturated rings. The molecule has 0 atom stereocenters. The van der Waals surface area contributed by atoms with E-state index in [9.17, 15) is 9.90 Å². The van der Waals surface area contributed by atoms with Gasteiger partial charge in [0.15, 0.2) is 0 Å².